The third-order valence-corrected chi connectivity index (χ3v) is 3.15. The van der Waals surface area contributed by atoms with Crippen LogP contribution in [0.3, 0.4) is 0 Å². The summed E-state index contributed by atoms with van der Waals surface area (Å²) in [6.45, 7) is 7.22. The predicted octanol–water partition coefficient (Wildman–Crippen LogP) is 2.46. The first-order valence-electron chi connectivity index (χ1n) is 6.08. The molecule has 17 heavy (non-hydrogen) atoms. The quantitative estimate of drug-likeness (QED) is 0.854. The Labute approximate surface area is 103 Å². The molecule has 1 aliphatic rings. The molecule has 1 aliphatic heterocycles. The minimum atomic E-state index is 0.0508. The normalized spacial score (nSPS) is 21.1. The molecule has 2 rings (SSSR count). The topological polar surface area (TPSA) is 30.5 Å². The third-order valence-electron chi connectivity index (χ3n) is 3.15. The van der Waals surface area contributed by atoms with Crippen LogP contribution in [0.25, 0.3) is 0 Å². The van der Waals surface area contributed by atoms with Crippen LogP contribution in [0.4, 0.5) is 0 Å². The molecule has 1 aromatic carbocycles. The van der Waals surface area contributed by atoms with E-state index >= 15 is 0 Å². The average molecular weight is 235 g/mol. The van der Waals surface area contributed by atoms with E-state index in [1.807, 2.05) is 31.3 Å². The maximum Gasteiger partial charge on any atom is 0.161 e. The number of rotatable bonds is 2. The molecule has 3 nitrogen and oxygen atoms in total. The highest BCUT2D eigenvalue weighted by Gasteiger charge is 2.35. The lowest BCUT2D eigenvalue weighted by Crippen LogP contribution is -2.53. The summed E-state index contributed by atoms with van der Waals surface area (Å²) >= 11 is 0. The molecule has 0 radical (unpaired) electrons. The van der Waals surface area contributed by atoms with Crippen molar-refractivity contribution in [1.82, 2.24) is 5.32 Å². The van der Waals surface area contributed by atoms with Gasteiger partial charge in [-0.05, 0) is 24.6 Å². The van der Waals surface area contributed by atoms with Gasteiger partial charge in [0, 0.05) is 0 Å². The number of ether oxygens (including phenoxy) is 2. The van der Waals surface area contributed by atoms with Crippen molar-refractivity contribution in [1.29, 1.82) is 0 Å². The molecule has 0 amide bonds. The van der Waals surface area contributed by atoms with E-state index in [0.29, 0.717) is 6.61 Å². The van der Waals surface area contributed by atoms with E-state index in [4.69, 9.17) is 9.47 Å². The molecule has 2 unspecified atom stereocenters. The Morgan fingerprint density at radius 3 is 2.47 bits per heavy atom. The standard InChI is InChI=1S/C14H21NO2/c1-14(2,3)13(15-4)12-9-16-10-7-5-6-8-11(10)17-12/h5-8,12-13,15H,9H2,1-4H3. The van der Waals surface area contributed by atoms with Crippen molar-refractivity contribution in [3.05, 3.63) is 24.3 Å². The van der Waals surface area contributed by atoms with Crippen LogP contribution >= 0.6 is 0 Å². The molecule has 0 bridgehead atoms. The summed E-state index contributed by atoms with van der Waals surface area (Å²) in [6, 6.07) is 8.09. The van der Waals surface area contributed by atoms with Crippen LogP contribution in [0.1, 0.15) is 20.8 Å². The van der Waals surface area contributed by atoms with E-state index in [2.05, 4.69) is 26.1 Å². The summed E-state index contributed by atoms with van der Waals surface area (Å²) in [6.07, 6.45) is 0.0508. The second-order valence-corrected chi connectivity index (χ2v) is 5.55. The first-order chi connectivity index (χ1) is 8.02. The largest absolute Gasteiger partial charge is 0.486 e. The Kier molecular flexibility index (Phi) is 3.29. The van der Waals surface area contributed by atoms with Crippen LogP contribution in [-0.2, 0) is 0 Å². The zero-order chi connectivity index (χ0) is 12.5. The van der Waals surface area contributed by atoms with Crippen molar-refractivity contribution in [2.45, 2.75) is 32.9 Å². The molecule has 0 saturated carbocycles. The fraction of sp³-hybridized carbons (Fsp3) is 0.571. The summed E-state index contributed by atoms with van der Waals surface area (Å²) in [7, 11) is 1.97. The first kappa shape index (κ1) is 12.2. The third kappa shape index (κ3) is 2.55. The van der Waals surface area contributed by atoms with E-state index in [-0.39, 0.29) is 17.6 Å². The first-order valence-corrected chi connectivity index (χ1v) is 6.08. The number of nitrogens with one attached hydrogen (secondary N) is 1. The Morgan fingerprint density at radius 1 is 1.24 bits per heavy atom. The number of fused-ring (bicyclic) bond motifs is 1. The summed E-state index contributed by atoms with van der Waals surface area (Å²) in [5.41, 5.74) is 0.134. The molecule has 3 heteroatoms. The predicted molar refractivity (Wildman–Crippen MR) is 68.7 cm³/mol. The maximum absolute atomic E-state index is 6.02. The van der Waals surface area contributed by atoms with E-state index in [1.165, 1.54) is 0 Å². The molecular weight excluding hydrogens is 214 g/mol. The SMILES string of the molecule is CNC(C1COc2ccccc2O1)C(C)(C)C. The molecule has 0 spiro atoms. The van der Waals surface area contributed by atoms with Gasteiger partial charge in [0.15, 0.2) is 11.5 Å². The summed E-state index contributed by atoms with van der Waals surface area (Å²) in [5, 5.41) is 3.34. The van der Waals surface area contributed by atoms with Gasteiger partial charge in [0.2, 0.25) is 0 Å². The minimum Gasteiger partial charge on any atom is -0.486 e. The van der Waals surface area contributed by atoms with Crippen LogP contribution in [0.5, 0.6) is 11.5 Å². The van der Waals surface area contributed by atoms with Crippen molar-refractivity contribution in [2.24, 2.45) is 5.41 Å². The number of hydrogen-bond acceptors (Lipinski definition) is 3. The summed E-state index contributed by atoms with van der Waals surface area (Å²) < 4.78 is 11.8. The van der Waals surface area contributed by atoms with Crippen LogP contribution < -0.4 is 14.8 Å². The van der Waals surface area contributed by atoms with Crippen molar-refractivity contribution < 1.29 is 9.47 Å². The van der Waals surface area contributed by atoms with Crippen molar-refractivity contribution in [2.75, 3.05) is 13.7 Å². The van der Waals surface area contributed by atoms with E-state index in [9.17, 15) is 0 Å². The highest BCUT2D eigenvalue weighted by molar-refractivity contribution is 5.40. The van der Waals surface area contributed by atoms with Gasteiger partial charge in [-0.25, -0.2) is 0 Å². The van der Waals surface area contributed by atoms with Gasteiger partial charge in [-0.1, -0.05) is 32.9 Å². The van der Waals surface area contributed by atoms with Crippen molar-refractivity contribution >= 4 is 0 Å². The van der Waals surface area contributed by atoms with Crippen LogP contribution in [-0.4, -0.2) is 25.8 Å². The van der Waals surface area contributed by atoms with Crippen LogP contribution in [0.15, 0.2) is 24.3 Å². The molecular formula is C14H21NO2. The minimum absolute atomic E-state index is 0.0508. The van der Waals surface area contributed by atoms with Gasteiger partial charge in [0.05, 0.1) is 6.04 Å². The molecule has 1 N–H and O–H groups in total. The molecule has 0 saturated heterocycles. The molecule has 0 aliphatic carbocycles. The zero-order valence-corrected chi connectivity index (χ0v) is 11.0. The van der Waals surface area contributed by atoms with Gasteiger partial charge < -0.3 is 14.8 Å². The van der Waals surface area contributed by atoms with Gasteiger partial charge in [0.1, 0.15) is 12.7 Å². The van der Waals surface area contributed by atoms with Crippen LogP contribution in [0, 0.1) is 5.41 Å². The Bertz CT molecular complexity index is 384. The second kappa shape index (κ2) is 4.57. The van der Waals surface area contributed by atoms with Crippen molar-refractivity contribution in [3.8, 4) is 11.5 Å². The van der Waals surface area contributed by atoms with E-state index in [0.717, 1.165) is 11.5 Å². The number of benzene rings is 1. The van der Waals surface area contributed by atoms with E-state index in [1.54, 1.807) is 0 Å². The van der Waals surface area contributed by atoms with Crippen molar-refractivity contribution in [3.63, 3.8) is 0 Å². The Balaban J connectivity index is 2.16. The smallest absolute Gasteiger partial charge is 0.161 e. The molecule has 1 heterocycles. The molecule has 0 aromatic heterocycles. The average Bonchev–Trinajstić information content (AvgIpc) is 2.28. The fourth-order valence-electron chi connectivity index (χ4n) is 2.38. The van der Waals surface area contributed by atoms with Gasteiger partial charge in [0.25, 0.3) is 0 Å². The second-order valence-electron chi connectivity index (χ2n) is 5.55. The zero-order valence-electron chi connectivity index (χ0n) is 11.0. The number of para-hydroxylation sites is 2. The number of hydrogen-bond donors (Lipinski definition) is 1. The highest BCUT2D eigenvalue weighted by atomic mass is 16.6. The van der Waals surface area contributed by atoms with Gasteiger partial charge in [-0.15, -0.1) is 0 Å². The monoisotopic (exact) mass is 235 g/mol. The molecule has 2 atom stereocenters. The van der Waals surface area contributed by atoms with Gasteiger partial charge in [-0.2, -0.15) is 0 Å². The van der Waals surface area contributed by atoms with Gasteiger partial charge >= 0.3 is 0 Å². The highest BCUT2D eigenvalue weighted by Crippen LogP contribution is 2.34. The van der Waals surface area contributed by atoms with E-state index < -0.39 is 0 Å². The fourth-order valence-corrected chi connectivity index (χ4v) is 2.38. The summed E-state index contributed by atoms with van der Waals surface area (Å²) in [5.74, 6) is 1.68. The molecule has 1 aromatic rings. The number of likely N-dealkylation sites (N-methyl/N-ethyl adjacent to an activating group) is 1. The lowest BCUT2D eigenvalue weighted by Gasteiger charge is -2.38. The lowest BCUT2D eigenvalue weighted by atomic mass is 9.83. The lowest BCUT2D eigenvalue weighted by molar-refractivity contribution is 0.0302. The summed E-state index contributed by atoms with van der Waals surface area (Å²) in [4.78, 5) is 0. The van der Waals surface area contributed by atoms with Crippen LogP contribution in [0.2, 0.25) is 0 Å². The molecule has 94 valence electrons. The maximum atomic E-state index is 6.02. The molecule has 0 fully saturated rings. The Morgan fingerprint density at radius 2 is 1.88 bits per heavy atom. The van der Waals surface area contributed by atoms with Gasteiger partial charge in [-0.3, -0.25) is 0 Å². The Hall–Kier alpha value is -1.22.